The predicted octanol–water partition coefficient (Wildman–Crippen LogP) is 1.57. The lowest BCUT2D eigenvalue weighted by Crippen LogP contribution is -2.24. The second kappa shape index (κ2) is 4.53. The van der Waals surface area contributed by atoms with Crippen molar-refractivity contribution in [2.45, 2.75) is 25.3 Å². The van der Waals surface area contributed by atoms with Crippen molar-refractivity contribution in [3.63, 3.8) is 0 Å². The van der Waals surface area contributed by atoms with Crippen molar-refractivity contribution in [1.82, 2.24) is 5.32 Å². The van der Waals surface area contributed by atoms with E-state index in [2.05, 4.69) is 5.32 Å². The van der Waals surface area contributed by atoms with E-state index < -0.39 is 0 Å². The van der Waals surface area contributed by atoms with Gasteiger partial charge in [0.15, 0.2) is 0 Å². The maximum Gasteiger partial charge on any atom is 0.119 e. The number of ether oxygens (including phenoxy) is 1. The second-order valence-corrected chi connectivity index (χ2v) is 4.06. The Morgan fingerprint density at radius 3 is 3.07 bits per heavy atom. The Labute approximate surface area is 90.6 Å². The summed E-state index contributed by atoms with van der Waals surface area (Å²) in [6, 6.07) is 6.44. The molecule has 1 unspecified atom stereocenters. The molecule has 3 heteroatoms. The molecule has 82 valence electrons. The Morgan fingerprint density at radius 2 is 2.40 bits per heavy atom. The molecule has 1 fully saturated rings. The lowest BCUT2D eigenvalue weighted by atomic mass is 10.0. The van der Waals surface area contributed by atoms with Crippen molar-refractivity contribution >= 4 is 5.69 Å². The molecule has 2 rings (SSSR count). The van der Waals surface area contributed by atoms with Gasteiger partial charge in [0.1, 0.15) is 5.75 Å². The molecule has 1 aliphatic rings. The fourth-order valence-electron chi connectivity index (χ4n) is 2.08. The average molecular weight is 206 g/mol. The summed E-state index contributed by atoms with van der Waals surface area (Å²) in [5.74, 6) is 0.886. The van der Waals surface area contributed by atoms with Crippen LogP contribution in [-0.4, -0.2) is 19.7 Å². The minimum atomic E-state index is 0.583. The summed E-state index contributed by atoms with van der Waals surface area (Å²) < 4.78 is 5.20. The number of nitrogen functional groups attached to an aromatic ring is 1. The normalized spacial score (nSPS) is 20.5. The van der Waals surface area contributed by atoms with Crippen LogP contribution < -0.4 is 15.8 Å². The van der Waals surface area contributed by atoms with E-state index in [1.165, 1.54) is 18.4 Å². The number of hydrogen-bond donors (Lipinski definition) is 2. The highest BCUT2D eigenvalue weighted by atomic mass is 16.5. The molecule has 0 bridgehead atoms. The second-order valence-electron chi connectivity index (χ2n) is 4.06. The largest absolute Gasteiger partial charge is 0.497 e. The third-order valence-corrected chi connectivity index (χ3v) is 2.98. The van der Waals surface area contributed by atoms with Gasteiger partial charge in [-0.25, -0.2) is 0 Å². The van der Waals surface area contributed by atoms with Gasteiger partial charge < -0.3 is 15.8 Å². The Bertz CT molecular complexity index is 332. The smallest absolute Gasteiger partial charge is 0.119 e. The van der Waals surface area contributed by atoms with Crippen molar-refractivity contribution in [3.05, 3.63) is 23.8 Å². The molecule has 0 aromatic heterocycles. The van der Waals surface area contributed by atoms with Crippen LogP contribution >= 0.6 is 0 Å². The lowest BCUT2D eigenvalue weighted by Gasteiger charge is -2.13. The monoisotopic (exact) mass is 206 g/mol. The molecular weight excluding hydrogens is 188 g/mol. The number of methoxy groups -OCH3 is 1. The van der Waals surface area contributed by atoms with Crippen LogP contribution in [0.25, 0.3) is 0 Å². The van der Waals surface area contributed by atoms with Gasteiger partial charge in [-0.05, 0) is 49.6 Å². The number of nitrogens with one attached hydrogen (secondary N) is 1. The number of nitrogens with two attached hydrogens (primary N) is 1. The van der Waals surface area contributed by atoms with Crippen LogP contribution in [0.4, 0.5) is 5.69 Å². The molecule has 1 heterocycles. The van der Waals surface area contributed by atoms with Gasteiger partial charge in [0.05, 0.1) is 7.11 Å². The van der Waals surface area contributed by atoms with E-state index in [1.54, 1.807) is 7.11 Å². The van der Waals surface area contributed by atoms with Crippen LogP contribution in [0.1, 0.15) is 18.4 Å². The van der Waals surface area contributed by atoms with Crippen molar-refractivity contribution in [1.29, 1.82) is 0 Å². The summed E-state index contributed by atoms with van der Waals surface area (Å²) in [5, 5.41) is 3.47. The molecule has 0 saturated carbocycles. The maximum atomic E-state index is 5.94. The van der Waals surface area contributed by atoms with E-state index in [0.717, 1.165) is 24.4 Å². The first-order chi connectivity index (χ1) is 7.29. The van der Waals surface area contributed by atoms with Gasteiger partial charge in [-0.2, -0.15) is 0 Å². The molecule has 3 nitrogen and oxygen atoms in total. The van der Waals surface area contributed by atoms with Crippen molar-refractivity contribution in [3.8, 4) is 5.75 Å². The van der Waals surface area contributed by atoms with Gasteiger partial charge >= 0.3 is 0 Å². The molecule has 1 aromatic carbocycles. The Hall–Kier alpha value is -1.22. The van der Waals surface area contributed by atoms with E-state index in [4.69, 9.17) is 10.5 Å². The van der Waals surface area contributed by atoms with Crippen LogP contribution in [0.5, 0.6) is 5.75 Å². The SMILES string of the molecule is COc1ccc(N)c(CC2CCCN2)c1. The molecule has 0 amide bonds. The summed E-state index contributed by atoms with van der Waals surface area (Å²) in [5.41, 5.74) is 7.99. The summed E-state index contributed by atoms with van der Waals surface area (Å²) in [7, 11) is 1.68. The van der Waals surface area contributed by atoms with Crippen LogP contribution in [-0.2, 0) is 6.42 Å². The molecule has 0 radical (unpaired) electrons. The van der Waals surface area contributed by atoms with E-state index in [-0.39, 0.29) is 0 Å². The highest BCUT2D eigenvalue weighted by Crippen LogP contribution is 2.22. The average Bonchev–Trinajstić information content (AvgIpc) is 2.74. The number of anilines is 1. The van der Waals surface area contributed by atoms with Crippen LogP contribution in [0.3, 0.4) is 0 Å². The molecule has 15 heavy (non-hydrogen) atoms. The minimum absolute atomic E-state index is 0.583. The Kier molecular flexibility index (Phi) is 3.11. The third kappa shape index (κ3) is 2.42. The molecular formula is C12H18N2O. The van der Waals surface area contributed by atoms with E-state index in [0.29, 0.717) is 6.04 Å². The molecule has 0 aliphatic carbocycles. The van der Waals surface area contributed by atoms with Crippen molar-refractivity contribution in [2.24, 2.45) is 0 Å². The molecule has 1 atom stereocenters. The predicted molar refractivity (Wildman–Crippen MR) is 62.1 cm³/mol. The van der Waals surface area contributed by atoms with E-state index >= 15 is 0 Å². The molecule has 1 aliphatic heterocycles. The zero-order valence-electron chi connectivity index (χ0n) is 9.12. The molecule has 0 spiro atoms. The number of hydrogen-bond acceptors (Lipinski definition) is 3. The molecule has 3 N–H and O–H groups in total. The first-order valence-electron chi connectivity index (χ1n) is 5.45. The maximum absolute atomic E-state index is 5.94. The lowest BCUT2D eigenvalue weighted by molar-refractivity contribution is 0.414. The number of benzene rings is 1. The minimum Gasteiger partial charge on any atom is -0.497 e. The van der Waals surface area contributed by atoms with Gasteiger partial charge in [-0.1, -0.05) is 0 Å². The van der Waals surface area contributed by atoms with Crippen molar-refractivity contribution in [2.75, 3.05) is 19.4 Å². The van der Waals surface area contributed by atoms with Gasteiger partial charge in [0.2, 0.25) is 0 Å². The molecule has 1 saturated heterocycles. The Balaban J connectivity index is 2.11. The third-order valence-electron chi connectivity index (χ3n) is 2.98. The van der Waals surface area contributed by atoms with Gasteiger partial charge in [0.25, 0.3) is 0 Å². The quantitative estimate of drug-likeness (QED) is 0.738. The van der Waals surface area contributed by atoms with Crippen LogP contribution in [0.2, 0.25) is 0 Å². The highest BCUT2D eigenvalue weighted by Gasteiger charge is 2.15. The topological polar surface area (TPSA) is 47.3 Å². The van der Waals surface area contributed by atoms with E-state index in [1.807, 2.05) is 18.2 Å². The van der Waals surface area contributed by atoms with Gasteiger partial charge in [-0.3, -0.25) is 0 Å². The van der Waals surface area contributed by atoms with Gasteiger partial charge in [-0.15, -0.1) is 0 Å². The summed E-state index contributed by atoms with van der Waals surface area (Å²) in [6.45, 7) is 1.13. The summed E-state index contributed by atoms with van der Waals surface area (Å²) in [6.07, 6.45) is 3.52. The zero-order chi connectivity index (χ0) is 10.7. The first kappa shape index (κ1) is 10.3. The zero-order valence-corrected chi connectivity index (χ0v) is 9.12. The Morgan fingerprint density at radius 1 is 1.53 bits per heavy atom. The molecule has 1 aromatic rings. The number of rotatable bonds is 3. The standard InChI is InChI=1S/C12H18N2O/c1-15-11-4-5-12(13)9(8-11)7-10-3-2-6-14-10/h4-5,8,10,14H,2-3,6-7,13H2,1H3. The summed E-state index contributed by atoms with van der Waals surface area (Å²) >= 11 is 0. The van der Waals surface area contributed by atoms with Crippen LogP contribution in [0.15, 0.2) is 18.2 Å². The summed E-state index contributed by atoms with van der Waals surface area (Å²) in [4.78, 5) is 0. The highest BCUT2D eigenvalue weighted by molar-refractivity contribution is 5.50. The fraction of sp³-hybridized carbons (Fsp3) is 0.500. The van der Waals surface area contributed by atoms with Crippen molar-refractivity contribution < 1.29 is 4.74 Å². The fourth-order valence-corrected chi connectivity index (χ4v) is 2.08. The van der Waals surface area contributed by atoms with Crippen LogP contribution in [0, 0.1) is 0 Å². The van der Waals surface area contributed by atoms with Gasteiger partial charge in [0, 0.05) is 11.7 Å². The van der Waals surface area contributed by atoms with E-state index in [9.17, 15) is 0 Å². The first-order valence-corrected chi connectivity index (χ1v) is 5.45.